The molecule has 1 amide bonds. The maximum absolute atomic E-state index is 13.0. The Balaban J connectivity index is 1.50. The lowest BCUT2D eigenvalue weighted by atomic mass is 10.2. The van der Waals surface area contributed by atoms with Crippen molar-refractivity contribution in [3.8, 4) is 17.6 Å². The van der Waals surface area contributed by atoms with Gasteiger partial charge in [0, 0.05) is 12.6 Å². The molecule has 0 aliphatic carbocycles. The molecule has 154 valence electrons. The number of rotatable bonds is 6. The molecule has 0 N–H and O–H groups in total. The molecule has 1 aromatic heterocycles. The van der Waals surface area contributed by atoms with Crippen molar-refractivity contribution in [3.05, 3.63) is 51.4 Å². The third-order valence-electron chi connectivity index (χ3n) is 4.95. The first-order valence-electron chi connectivity index (χ1n) is 9.75. The van der Waals surface area contributed by atoms with E-state index in [0.29, 0.717) is 34.7 Å². The zero-order valence-electron chi connectivity index (χ0n) is 16.4. The van der Waals surface area contributed by atoms with Gasteiger partial charge in [0.1, 0.15) is 5.01 Å². The lowest BCUT2D eigenvalue weighted by molar-refractivity contribution is -0.134. The molecule has 30 heavy (non-hydrogen) atoms. The Kier molecular flexibility index (Phi) is 6.21. The monoisotopic (exact) mass is 485 g/mol. The first-order chi connectivity index (χ1) is 14.6. The molecule has 1 saturated heterocycles. The van der Waals surface area contributed by atoms with E-state index in [1.807, 2.05) is 30.0 Å². The van der Waals surface area contributed by atoms with Crippen LogP contribution in [-0.4, -0.2) is 35.5 Å². The van der Waals surface area contributed by atoms with Gasteiger partial charge in [-0.15, -0.1) is 11.3 Å². The van der Waals surface area contributed by atoms with Crippen LogP contribution in [0.5, 0.6) is 11.5 Å². The quantitative estimate of drug-likeness (QED) is 0.486. The fraction of sp³-hybridized carbons (Fsp3) is 0.318. The molecule has 8 heteroatoms. The third kappa shape index (κ3) is 4.13. The average molecular weight is 486 g/mol. The van der Waals surface area contributed by atoms with Gasteiger partial charge in [0.15, 0.2) is 18.1 Å². The molecule has 1 atom stereocenters. The molecule has 1 unspecified atom stereocenters. The minimum Gasteiger partial charge on any atom is -0.490 e. The number of nitrogens with zero attached hydrogens (tertiary/aromatic N) is 3. The molecule has 0 radical (unpaired) electrons. The molecule has 3 aromatic rings. The van der Waals surface area contributed by atoms with E-state index in [0.717, 1.165) is 28.1 Å². The summed E-state index contributed by atoms with van der Waals surface area (Å²) in [6, 6.07) is 13.4. The number of hydrogen-bond acceptors (Lipinski definition) is 6. The third-order valence-corrected chi connectivity index (χ3v) is 6.67. The molecule has 1 aliphatic heterocycles. The van der Waals surface area contributed by atoms with Crippen LogP contribution >= 0.6 is 27.3 Å². The largest absolute Gasteiger partial charge is 0.490 e. The van der Waals surface area contributed by atoms with Gasteiger partial charge >= 0.3 is 0 Å². The summed E-state index contributed by atoms with van der Waals surface area (Å²) in [6.45, 7) is 2.87. The van der Waals surface area contributed by atoms with Crippen molar-refractivity contribution < 1.29 is 14.3 Å². The number of ether oxygens (including phenoxy) is 2. The first kappa shape index (κ1) is 20.6. The molecule has 2 heterocycles. The van der Waals surface area contributed by atoms with Crippen molar-refractivity contribution >= 4 is 43.4 Å². The summed E-state index contributed by atoms with van der Waals surface area (Å²) >= 11 is 5.06. The van der Waals surface area contributed by atoms with E-state index in [-0.39, 0.29) is 18.6 Å². The SMILES string of the molecule is CCOc1cc(C#N)cc(Br)c1OCC(=O)N1CCCC1c1nc2ccccc2s1. The van der Waals surface area contributed by atoms with Gasteiger partial charge in [-0.1, -0.05) is 12.1 Å². The number of amides is 1. The number of para-hydroxylation sites is 1. The van der Waals surface area contributed by atoms with Gasteiger partial charge in [-0.25, -0.2) is 4.98 Å². The average Bonchev–Trinajstić information content (AvgIpc) is 3.39. The van der Waals surface area contributed by atoms with Gasteiger partial charge in [-0.05, 0) is 53.9 Å². The lowest BCUT2D eigenvalue weighted by Gasteiger charge is -2.23. The van der Waals surface area contributed by atoms with E-state index in [1.165, 1.54) is 0 Å². The smallest absolute Gasteiger partial charge is 0.261 e. The van der Waals surface area contributed by atoms with Crippen LogP contribution in [0.25, 0.3) is 10.2 Å². The fourth-order valence-electron chi connectivity index (χ4n) is 3.61. The normalized spacial score (nSPS) is 15.9. The van der Waals surface area contributed by atoms with E-state index >= 15 is 0 Å². The highest BCUT2D eigenvalue weighted by atomic mass is 79.9. The summed E-state index contributed by atoms with van der Waals surface area (Å²) in [5.41, 5.74) is 1.43. The van der Waals surface area contributed by atoms with E-state index in [1.54, 1.807) is 23.5 Å². The van der Waals surface area contributed by atoms with Crippen molar-refractivity contribution in [2.45, 2.75) is 25.8 Å². The standard InChI is InChI=1S/C22H20BrN3O3S/c1-2-28-18-11-14(12-24)10-15(23)21(18)29-13-20(27)26-9-5-7-17(26)22-25-16-6-3-4-8-19(16)30-22/h3-4,6,8,10-11,17H,2,5,7,9,13H2,1H3. The Morgan fingerprint density at radius 3 is 2.97 bits per heavy atom. The van der Waals surface area contributed by atoms with E-state index in [4.69, 9.17) is 19.7 Å². The number of benzene rings is 2. The molecule has 4 rings (SSSR count). The number of aromatic nitrogens is 1. The van der Waals surface area contributed by atoms with Gasteiger partial charge in [-0.2, -0.15) is 5.26 Å². The number of fused-ring (bicyclic) bond motifs is 1. The fourth-order valence-corrected chi connectivity index (χ4v) is 5.28. The minimum absolute atomic E-state index is 0.0192. The van der Waals surface area contributed by atoms with Crippen molar-refractivity contribution in [3.63, 3.8) is 0 Å². The second-order valence-electron chi connectivity index (χ2n) is 6.88. The Morgan fingerprint density at radius 2 is 2.20 bits per heavy atom. The molecular formula is C22H20BrN3O3S. The molecule has 0 saturated carbocycles. The summed E-state index contributed by atoms with van der Waals surface area (Å²) in [4.78, 5) is 19.6. The van der Waals surface area contributed by atoms with Crippen molar-refractivity contribution in [2.75, 3.05) is 19.8 Å². The molecule has 6 nitrogen and oxygen atoms in total. The highest BCUT2D eigenvalue weighted by Gasteiger charge is 2.32. The minimum atomic E-state index is -0.105. The Hall–Kier alpha value is -2.63. The van der Waals surface area contributed by atoms with E-state index < -0.39 is 0 Å². The predicted octanol–water partition coefficient (Wildman–Crippen LogP) is 5.07. The van der Waals surface area contributed by atoms with Gasteiger partial charge < -0.3 is 14.4 Å². The van der Waals surface area contributed by atoms with Crippen LogP contribution in [0.4, 0.5) is 0 Å². The van der Waals surface area contributed by atoms with Gasteiger partial charge in [0.05, 0.1) is 39.0 Å². The highest BCUT2D eigenvalue weighted by molar-refractivity contribution is 9.10. The van der Waals surface area contributed by atoms with Crippen LogP contribution in [-0.2, 0) is 4.79 Å². The van der Waals surface area contributed by atoms with Crippen LogP contribution < -0.4 is 9.47 Å². The topological polar surface area (TPSA) is 75.5 Å². The number of hydrogen-bond donors (Lipinski definition) is 0. The molecule has 0 bridgehead atoms. The van der Waals surface area contributed by atoms with Gasteiger partial charge in [0.2, 0.25) is 0 Å². The molecular weight excluding hydrogens is 466 g/mol. The number of thiazole rings is 1. The summed E-state index contributed by atoms with van der Waals surface area (Å²) in [6.07, 6.45) is 1.84. The van der Waals surface area contributed by atoms with Crippen LogP contribution in [0.3, 0.4) is 0 Å². The van der Waals surface area contributed by atoms with Gasteiger partial charge in [-0.3, -0.25) is 4.79 Å². The van der Waals surface area contributed by atoms with E-state index in [2.05, 4.69) is 28.1 Å². The number of halogens is 1. The Morgan fingerprint density at radius 1 is 1.37 bits per heavy atom. The Bertz CT molecular complexity index is 1090. The molecule has 1 fully saturated rings. The summed E-state index contributed by atoms with van der Waals surface area (Å²) < 4.78 is 13.2. The molecule has 2 aromatic carbocycles. The number of carbonyl (C=O) groups is 1. The molecule has 1 aliphatic rings. The number of likely N-dealkylation sites (tertiary alicyclic amines) is 1. The van der Waals surface area contributed by atoms with Crippen LogP contribution in [0.15, 0.2) is 40.9 Å². The maximum atomic E-state index is 13.0. The van der Waals surface area contributed by atoms with Crippen LogP contribution in [0.2, 0.25) is 0 Å². The number of carbonyl (C=O) groups excluding carboxylic acids is 1. The molecule has 0 spiro atoms. The highest BCUT2D eigenvalue weighted by Crippen LogP contribution is 2.38. The van der Waals surface area contributed by atoms with Gasteiger partial charge in [0.25, 0.3) is 5.91 Å². The summed E-state index contributed by atoms with van der Waals surface area (Å²) in [7, 11) is 0. The lowest BCUT2D eigenvalue weighted by Crippen LogP contribution is -2.34. The summed E-state index contributed by atoms with van der Waals surface area (Å²) in [5, 5.41) is 10.1. The van der Waals surface area contributed by atoms with E-state index in [9.17, 15) is 4.79 Å². The van der Waals surface area contributed by atoms with Crippen LogP contribution in [0, 0.1) is 11.3 Å². The van der Waals surface area contributed by atoms with Crippen LogP contribution in [0.1, 0.15) is 36.4 Å². The maximum Gasteiger partial charge on any atom is 0.261 e. The van der Waals surface area contributed by atoms with Crippen molar-refractivity contribution in [2.24, 2.45) is 0 Å². The number of nitriles is 1. The Labute approximate surface area is 187 Å². The zero-order valence-corrected chi connectivity index (χ0v) is 18.8. The van der Waals surface area contributed by atoms with Crippen molar-refractivity contribution in [1.29, 1.82) is 5.26 Å². The first-order valence-corrected chi connectivity index (χ1v) is 11.4. The predicted molar refractivity (Wildman–Crippen MR) is 119 cm³/mol. The summed E-state index contributed by atoms with van der Waals surface area (Å²) in [5.74, 6) is 0.788. The second kappa shape index (κ2) is 9.02. The second-order valence-corrected chi connectivity index (χ2v) is 8.80. The zero-order chi connectivity index (χ0) is 21.1. The van der Waals surface area contributed by atoms with Crippen molar-refractivity contribution in [1.82, 2.24) is 9.88 Å².